The van der Waals surface area contributed by atoms with Crippen molar-refractivity contribution in [3.05, 3.63) is 0 Å². The van der Waals surface area contributed by atoms with Gasteiger partial charge in [0, 0.05) is 63.7 Å². The molecule has 0 bridgehead atoms. The molecule has 0 radical (unpaired) electrons. The van der Waals surface area contributed by atoms with Gasteiger partial charge in [-0.2, -0.15) is 0 Å². The van der Waals surface area contributed by atoms with Crippen molar-refractivity contribution in [2.24, 2.45) is 11.8 Å². The van der Waals surface area contributed by atoms with Crippen LogP contribution in [0.15, 0.2) is 0 Å². The minimum atomic E-state index is -0.645. The van der Waals surface area contributed by atoms with Crippen molar-refractivity contribution in [3.63, 3.8) is 0 Å². The Morgan fingerprint density at radius 3 is 1.69 bits per heavy atom. The maximum atomic E-state index is 12.1. The maximum absolute atomic E-state index is 12.1. The molecule has 16 nitrogen and oxygen atoms in total. The van der Waals surface area contributed by atoms with Gasteiger partial charge in [-0.15, -0.1) is 0 Å². The van der Waals surface area contributed by atoms with Crippen LogP contribution in [0.25, 0.3) is 0 Å². The largest absolute Gasteiger partial charge is 0.354 e. The summed E-state index contributed by atoms with van der Waals surface area (Å²) in [5, 5.41) is 12.0. The van der Waals surface area contributed by atoms with Gasteiger partial charge in [0.1, 0.15) is 0 Å². The van der Waals surface area contributed by atoms with Crippen LogP contribution in [0, 0.1) is 11.8 Å². The van der Waals surface area contributed by atoms with Crippen molar-refractivity contribution in [1.82, 2.24) is 36.4 Å². The lowest BCUT2D eigenvalue weighted by molar-refractivity contribution is -0.141. The lowest BCUT2D eigenvalue weighted by Gasteiger charge is -2.15. The second-order valence-electron chi connectivity index (χ2n) is 10.1. The molecule has 2 saturated heterocycles. The van der Waals surface area contributed by atoms with E-state index in [-0.39, 0.29) is 113 Å². The first-order chi connectivity index (χ1) is 19.9. The molecule has 0 aromatic heterocycles. The number of hydrogen-bond acceptors (Lipinski definition) is 9. The number of amides is 9. The molecule has 0 spiro atoms. The second kappa shape index (κ2) is 16.8. The summed E-state index contributed by atoms with van der Waals surface area (Å²) in [5.41, 5.74) is 0. The average Bonchev–Trinajstić information content (AvgIpc) is 3.36. The number of nitrogens with zero attached hydrogens (tertiary/aromatic N) is 2. The van der Waals surface area contributed by atoms with Crippen LogP contribution in [0.4, 0.5) is 0 Å². The number of rotatable bonds is 17. The zero-order valence-corrected chi connectivity index (χ0v) is 23.9. The summed E-state index contributed by atoms with van der Waals surface area (Å²) in [5.74, 6) is -4.32. The molecule has 2 fully saturated rings. The van der Waals surface area contributed by atoms with Gasteiger partial charge in [0.25, 0.3) is 0 Å². The van der Waals surface area contributed by atoms with Crippen LogP contribution in [0.2, 0.25) is 0 Å². The van der Waals surface area contributed by atoms with Crippen LogP contribution >= 0.6 is 0 Å². The van der Waals surface area contributed by atoms with Crippen molar-refractivity contribution >= 4 is 53.2 Å². The molecule has 2 aliphatic heterocycles. The molecule has 0 aliphatic carbocycles. The molecule has 16 heteroatoms. The number of nitrogens with one attached hydrogen (secondary N) is 5. The molecule has 0 aromatic rings. The topological polar surface area (TPSA) is 220 Å². The molecule has 5 N–H and O–H groups in total. The Morgan fingerprint density at radius 2 is 1.14 bits per heavy atom. The molecular weight excluding hydrogens is 554 g/mol. The van der Waals surface area contributed by atoms with Crippen LogP contribution in [0.5, 0.6) is 0 Å². The molecular formula is C26H39N7O9. The highest BCUT2D eigenvalue weighted by Gasteiger charge is 2.37. The molecule has 0 aromatic carbocycles. The van der Waals surface area contributed by atoms with Crippen molar-refractivity contribution in [3.8, 4) is 0 Å². The Bertz CT molecular complexity index is 1090. The van der Waals surface area contributed by atoms with Crippen LogP contribution in [-0.2, 0) is 43.2 Å². The SMILES string of the molecule is CCC1CC(=O)N(CCNC(=O)CCNC(=O)CNC(=O)CNC(=O)CNC(=O)CCCN2C(=O)CC(C)C2=O)C1=O. The van der Waals surface area contributed by atoms with Gasteiger partial charge in [-0.05, 0) is 12.8 Å². The molecule has 2 heterocycles. The van der Waals surface area contributed by atoms with E-state index in [4.69, 9.17) is 0 Å². The van der Waals surface area contributed by atoms with Crippen molar-refractivity contribution < 1.29 is 43.2 Å². The van der Waals surface area contributed by atoms with Gasteiger partial charge >= 0.3 is 0 Å². The summed E-state index contributed by atoms with van der Waals surface area (Å²) in [6.07, 6.45) is 1.16. The molecule has 0 saturated carbocycles. The summed E-state index contributed by atoms with van der Waals surface area (Å²) >= 11 is 0. The van der Waals surface area contributed by atoms with E-state index in [1.165, 1.54) is 0 Å². The molecule has 42 heavy (non-hydrogen) atoms. The van der Waals surface area contributed by atoms with Crippen LogP contribution in [0.1, 0.15) is 52.4 Å². The lowest BCUT2D eigenvalue weighted by atomic mass is 10.1. The third kappa shape index (κ3) is 10.9. The van der Waals surface area contributed by atoms with Crippen molar-refractivity contribution in [2.45, 2.75) is 52.4 Å². The van der Waals surface area contributed by atoms with E-state index >= 15 is 0 Å². The average molecular weight is 594 g/mol. The van der Waals surface area contributed by atoms with E-state index in [0.29, 0.717) is 6.42 Å². The van der Waals surface area contributed by atoms with Gasteiger partial charge in [0.05, 0.1) is 19.6 Å². The van der Waals surface area contributed by atoms with E-state index in [0.717, 1.165) is 9.80 Å². The van der Waals surface area contributed by atoms with E-state index in [1.54, 1.807) is 6.92 Å². The number of carbonyl (C=O) groups excluding carboxylic acids is 9. The smallest absolute Gasteiger partial charge is 0.239 e. The Kier molecular flexibility index (Phi) is 13.5. The Balaban J connectivity index is 1.47. The summed E-state index contributed by atoms with van der Waals surface area (Å²) in [7, 11) is 0. The van der Waals surface area contributed by atoms with Gasteiger partial charge in [0.2, 0.25) is 53.2 Å². The fraction of sp³-hybridized carbons (Fsp3) is 0.654. The van der Waals surface area contributed by atoms with Crippen LogP contribution < -0.4 is 26.6 Å². The van der Waals surface area contributed by atoms with Gasteiger partial charge < -0.3 is 26.6 Å². The molecule has 2 unspecified atom stereocenters. The standard InChI is InChI=1S/C26H39N7O9/c1-3-17-12-24(40)33(26(17)42)10-8-28-19(35)6-7-27-20(36)13-30-22(38)15-31-21(37)14-29-18(34)5-4-9-32-23(39)11-16(2)25(32)41/h16-17H,3-15H2,1-2H3,(H,27,36)(H,28,35)(H,29,34)(H,30,38)(H,31,37). The fourth-order valence-electron chi connectivity index (χ4n) is 4.31. The quantitative estimate of drug-likeness (QED) is 0.108. The number of hydrogen-bond donors (Lipinski definition) is 5. The van der Waals surface area contributed by atoms with Crippen molar-refractivity contribution in [2.75, 3.05) is 45.8 Å². The number of imide groups is 2. The monoisotopic (exact) mass is 593 g/mol. The second-order valence-corrected chi connectivity index (χ2v) is 10.1. The molecule has 2 aliphatic rings. The predicted molar refractivity (Wildman–Crippen MR) is 145 cm³/mol. The first-order valence-corrected chi connectivity index (χ1v) is 13.9. The molecule has 9 amide bonds. The Labute approximate surface area is 243 Å². The third-order valence-corrected chi connectivity index (χ3v) is 6.76. The fourth-order valence-corrected chi connectivity index (χ4v) is 4.31. The van der Waals surface area contributed by atoms with Gasteiger partial charge in [-0.25, -0.2) is 0 Å². The normalized spacial score (nSPS) is 18.2. The molecule has 2 rings (SSSR count). The highest BCUT2D eigenvalue weighted by Crippen LogP contribution is 2.21. The Morgan fingerprint density at radius 1 is 0.643 bits per heavy atom. The van der Waals surface area contributed by atoms with Gasteiger partial charge in [-0.1, -0.05) is 13.8 Å². The minimum absolute atomic E-state index is 0.000222. The first-order valence-electron chi connectivity index (χ1n) is 13.9. The highest BCUT2D eigenvalue weighted by atomic mass is 16.2. The number of carbonyl (C=O) groups is 9. The zero-order chi connectivity index (χ0) is 31.2. The predicted octanol–water partition coefficient (Wildman–Crippen LogP) is -3.08. The Hall–Kier alpha value is -4.37. The van der Waals surface area contributed by atoms with E-state index in [9.17, 15) is 43.2 Å². The van der Waals surface area contributed by atoms with E-state index < -0.39 is 30.2 Å². The summed E-state index contributed by atoms with van der Waals surface area (Å²) < 4.78 is 0. The summed E-state index contributed by atoms with van der Waals surface area (Å²) in [4.78, 5) is 109. The third-order valence-electron chi connectivity index (χ3n) is 6.76. The van der Waals surface area contributed by atoms with Crippen LogP contribution in [-0.4, -0.2) is 109 Å². The lowest BCUT2D eigenvalue weighted by Crippen LogP contribution is -2.44. The minimum Gasteiger partial charge on any atom is -0.354 e. The summed E-state index contributed by atoms with van der Waals surface area (Å²) in [6, 6.07) is 0. The summed E-state index contributed by atoms with van der Waals surface area (Å²) in [6.45, 7) is 2.64. The van der Waals surface area contributed by atoms with E-state index in [1.807, 2.05) is 6.92 Å². The van der Waals surface area contributed by atoms with Crippen molar-refractivity contribution in [1.29, 1.82) is 0 Å². The van der Waals surface area contributed by atoms with E-state index in [2.05, 4.69) is 26.6 Å². The van der Waals surface area contributed by atoms with Gasteiger partial charge in [0.15, 0.2) is 0 Å². The van der Waals surface area contributed by atoms with Crippen LogP contribution in [0.3, 0.4) is 0 Å². The maximum Gasteiger partial charge on any atom is 0.239 e. The molecule has 2 atom stereocenters. The number of likely N-dealkylation sites (tertiary alicyclic amines) is 2. The molecule has 232 valence electrons. The highest BCUT2D eigenvalue weighted by molar-refractivity contribution is 6.04. The van der Waals surface area contributed by atoms with Gasteiger partial charge in [-0.3, -0.25) is 53.0 Å². The zero-order valence-electron chi connectivity index (χ0n) is 23.9. The first kappa shape index (κ1) is 33.8.